The maximum atomic E-state index is 12.2. The largest absolute Gasteiger partial charge is 0.772 e. The Hall–Kier alpha value is -0.880. The first kappa shape index (κ1) is 12.2. The summed E-state index contributed by atoms with van der Waals surface area (Å²) in [4.78, 5) is 0. The Labute approximate surface area is 87.4 Å². The second-order valence-electron chi connectivity index (χ2n) is 2.96. The van der Waals surface area contributed by atoms with Crippen molar-refractivity contribution >= 4 is 11.1 Å². The molecule has 0 spiro atoms. The van der Waals surface area contributed by atoms with Crippen molar-refractivity contribution in [1.82, 2.24) is 0 Å². The Bertz CT molecular complexity index is 363. The lowest BCUT2D eigenvalue weighted by Crippen LogP contribution is -2.06. The Kier molecular flexibility index (Phi) is 3.87. The molecule has 0 bridgehead atoms. The SMILES string of the molecule is O=S([O-])CCc1cccc(C(F)(F)F)c1. The van der Waals surface area contributed by atoms with Crippen molar-refractivity contribution in [2.75, 3.05) is 5.75 Å². The molecule has 0 aliphatic carbocycles. The van der Waals surface area contributed by atoms with Crippen molar-refractivity contribution in [2.24, 2.45) is 0 Å². The lowest BCUT2D eigenvalue weighted by atomic mass is 10.1. The zero-order valence-corrected chi connectivity index (χ0v) is 8.40. The summed E-state index contributed by atoms with van der Waals surface area (Å²) in [6.07, 6.45) is -4.29. The molecule has 1 unspecified atom stereocenters. The van der Waals surface area contributed by atoms with Crippen LogP contribution in [0.2, 0.25) is 0 Å². The third kappa shape index (κ3) is 4.01. The van der Waals surface area contributed by atoms with Gasteiger partial charge in [0.2, 0.25) is 0 Å². The Morgan fingerprint density at radius 3 is 2.53 bits per heavy atom. The Balaban J connectivity index is 2.79. The predicted octanol–water partition coefficient (Wildman–Crippen LogP) is 2.13. The molecule has 0 aromatic heterocycles. The molecule has 84 valence electrons. The molecule has 6 heteroatoms. The molecule has 0 N–H and O–H groups in total. The van der Waals surface area contributed by atoms with Crippen LogP contribution in [-0.2, 0) is 23.7 Å². The highest BCUT2D eigenvalue weighted by molar-refractivity contribution is 7.79. The summed E-state index contributed by atoms with van der Waals surface area (Å²) in [6.45, 7) is 0. The fourth-order valence-electron chi connectivity index (χ4n) is 1.10. The fourth-order valence-corrected chi connectivity index (χ4v) is 1.51. The van der Waals surface area contributed by atoms with Crippen molar-refractivity contribution in [3.05, 3.63) is 35.4 Å². The molecule has 1 aromatic carbocycles. The van der Waals surface area contributed by atoms with Gasteiger partial charge in [0.15, 0.2) is 0 Å². The van der Waals surface area contributed by atoms with Gasteiger partial charge in [0.25, 0.3) is 0 Å². The van der Waals surface area contributed by atoms with Crippen LogP contribution in [0.15, 0.2) is 24.3 Å². The molecule has 15 heavy (non-hydrogen) atoms. The van der Waals surface area contributed by atoms with E-state index in [4.69, 9.17) is 0 Å². The van der Waals surface area contributed by atoms with Gasteiger partial charge < -0.3 is 4.55 Å². The summed E-state index contributed by atoms with van der Waals surface area (Å²) in [5, 5.41) is 0. The van der Waals surface area contributed by atoms with E-state index >= 15 is 0 Å². The molecule has 0 aliphatic heterocycles. The maximum absolute atomic E-state index is 12.2. The van der Waals surface area contributed by atoms with E-state index in [0.717, 1.165) is 12.1 Å². The van der Waals surface area contributed by atoms with Gasteiger partial charge in [0.1, 0.15) is 0 Å². The third-order valence-electron chi connectivity index (χ3n) is 1.81. The van der Waals surface area contributed by atoms with Crippen LogP contribution in [0.3, 0.4) is 0 Å². The normalized spacial score (nSPS) is 13.9. The van der Waals surface area contributed by atoms with E-state index in [1.807, 2.05) is 0 Å². The van der Waals surface area contributed by atoms with E-state index in [2.05, 4.69) is 0 Å². The smallest absolute Gasteiger partial charge is 0.416 e. The topological polar surface area (TPSA) is 40.1 Å². The molecule has 0 amide bonds. The molecule has 0 saturated carbocycles. The van der Waals surface area contributed by atoms with Gasteiger partial charge >= 0.3 is 6.18 Å². The average Bonchev–Trinajstić information content (AvgIpc) is 2.14. The number of benzene rings is 1. The Morgan fingerprint density at radius 2 is 2.00 bits per heavy atom. The highest BCUT2D eigenvalue weighted by Crippen LogP contribution is 2.29. The van der Waals surface area contributed by atoms with Crippen molar-refractivity contribution < 1.29 is 21.9 Å². The molecule has 1 atom stereocenters. The first-order chi connectivity index (χ1) is 6.89. The second-order valence-corrected chi connectivity index (χ2v) is 3.97. The quantitative estimate of drug-likeness (QED) is 0.755. The van der Waals surface area contributed by atoms with Crippen LogP contribution >= 0.6 is 0 Å². The molecule has 0 aliphatic rings. The summed E-state index contributed by atoms with van der Waals surface area (Å²) in [5.74, 6) is -0.165. The van der Waals surface area contributed by atoms with Gasteiger partial charge in [0.05, 0.1) is 5.56 Å². The van der Waals surface area contributed by atoms with Crippen LogP contribution < -0.4 is 0 Å². The van der Waals surface area contributed by atoms with Crippen LogP contribution in [0, 0.1) is 0 Å². The van der Waals surface area contributed by atoms with E-state index in [1.54, 1.807) is 0 Å². The average molecular weight is 237 g/mol. The van der Waals surface area contributed by atoms with Crippen LogP contribution in [0.5, 0.6) is 0 Å². The summed E-state index contributed by atoms with van der Waals surface area (Å²) in [7, 11) is 0. The molecular weight excluding hydrogens is 229 g/mol. The standard InChI is InChI=1S/C9H9F3O2S/c10-9(11,12)8-3-1-2-7(6-8)4-5-15(13)14/h1-3,6H,4-5H2,(H,13,14)/p-1. The molecule has 0 fully saturated rings. The van der Waals surface area contributed by atoms with E-state index < -0.39 is 22.8 Å². The summed E-state index contributed by atoms with van der Waals surface area (Å²) in [5.41, 5.74) is -0.384. The minimum Gasteiger partial charge on any atom is -0.772 e. The number of hydrogen-bond acceptors (Lipinski definition) is 2. The zero-order valence-electron chi connectivity index (χ0n) is 7.58. The van der Waals surface area contributed by atoms with Gasteiger partial charge in [-0.3, -0.25) is 4.21 Å². The maximum Gasteiger partial charge on any atom is 0.416 e. The minimum atomic E-state index is -4.38. The first-order valence-electron chi connectivity index (χ1n) is 4.11. The molecule has 1 rings (SSSR count). The number of alkyl halides is 3. The van der Waals surface area contributed by atoms with E-state index in [0.29, 0.717) is 5.56 Å². The molecule has 0 saturated heterocycles. The van der Waals surface area contributed by atoms with Crippen molar-refractivity contribution in [3.8, 4) is 0 Å². The Morgan fingerprint density at radius 1 is 1.33 bits per heavy atom. The number of rotatable bonds is 3. The predicted molar refractivity (Wildman–Crippen MR) is 48.9 cm³/mol. The van der Waals surface area contributed by atoms with Gasteiger partial charge in [-0.25, -0.2) is 0 Å². The summed E-state index contributed by atoms with van der Waals surface area (Å²) < 4.78 is 57.2. The summed E-state index contributed by atoms with van der Waals surface area (Å²) in [6, 6.07) is 4.67. The lowest BCUT2D eigenvalue weighted by Gasteiger charge is -2.09. The van der Waals surface area contributed by atoms with Crippen LogP contribution in [0.25, 0.3) is 0 Å². The van der Waals surface area contributed by atoms with Crippen molar-refractivity contribution in [3.63, 3.8) is 0 Å². The summed E-state index contributed by atoms with van der Waals surface area (Å²) >= 11 is -2.23. The lowest BCUT2D eigenvalue weighted by molar-refractivity contribution is -0.137. The molecular formula is C9H8F3O2S-. The van der Waals surface area contributed by atoms with Crippen molar-refractivity contribution in [1.29, 1.82) is 0 Å². The number of halogens is 3. The highest BCUT2D eigenvalue weighted by Gasteiger charge is 2.30. The van der Waals surface area contributed by atoms with E-state index in [1.165, 1.54) is 12.1 Å². The van der Waals surface area contributed by atoms with Crippen LogP contribution in [0.1, 0.15) is 11.1 Å². The van der Waals surface area contributed by atoms with E-state index in [9.17, 15) is 21.9 Å². The van der Waals surface area contributed by atoms with Gasteiger partial charge in [-0.1, -0.05) is 29.3 Å². The number of aryl methyl sites for hydroxylation is 1. The first-order valence-corrected chi connectivity index (χ1v) is 5.36. The molecule has 1 aromatic rings. The molecule has 2 nitrogen and oxygen atoms in total. The van der Waals surface area contributed by atoms with Crippen molar-refractivity contribution in [2.45, 2.75) is 12.6 Å². The van der Waals surface area contributed by atoms with Gasteiger partial charge in [-0.2, -0.15) is 13.2 Å². The third-order valence-corrected chi connectivity index (χ3v) is 2.35. The van der Waals surface area contributed by atoms with Crippen LogP contribution in [0.4, 0.5) is 13.2 Å². The van der Waals surface area contributed by atoms with Crippen LogP contribution in [-0.4, -0.2) is 14.5 Å². The molecule has 0 radical (unpaired) electrons. The second kappa shape index (κ2) is 4.76. The van der Waals surface area contributed by atoms with Gasteiger partial charge in [-0.05, 0) is 18.1 Å². The van der Waals surface area contributed by atoms with Gasteiger partial charge in [-0.15, -0.1) is 0 Å². The monoisotopic (exact) mass is 237 g/mol. The fraction of sp³-hybridized carbons (Fsp3) is 0.333. The van der Waals surface area contributed by atoms with Gasteiger partial charge in [0, 0.05) is 5.75 Å². The minimum absolute atomic E-state index is 0.0973. The zero-order chi connectivity index (χ0) is 11.5. The molecule has 0 heterocycles. The highest BCUT2D eigenvalue weighted by atomic mass is 32.2. The number of hydrogen-bond donors (Lipinski definition) is 0. The van der Waals surface area contributed by atoms with E-state index in [-0.39, 0.29) is 12.2 Å².